The molecule has 0 bridgehead atoms. The van der Waals surface area contributed by atoms with E-state index in [9.17, 15) is 0 Å². The smallest absolute Gasteiger partial charge is 0.0817 e. The Bertz CT molecular complexity index is 1500. The van der Waals surface area contributed by atoms with Crippen molar-refractivity contribution in [2.45, 2.75) is 67.3 Å². The lowest BCUT2D eigenvalue weighted by atomic mass is 9.93. The van der Waals surface area contributed by atoms with Crippen molar-refractivity contribution >= 4 is 34.3 Å². The second-order valence-electron chi connectivity index (χ2n) is 11.6. The zero-order chi connectivity index (χ0) is 32.3. The monoisotopic (exact) mass is 625 g/mol. The largest absolute Gasteiger partial charge is 0.372 e. The number of allylic oxidation sites excluding steroid dienone is 1. The van der Waals surface area contributed by atoms with Crippen molar-refractivity contribution in [3.63, 3.8) is 0 Å². The molecule has 45 heavy (non-hydrogen) atoms. The highest BCUT2D eigenvalue weighted by Gasteiger charge is 2.17. The highest BCUT2D eigenvalue weighted by Crippen LogP contribution is 2.27. The van der Waals surface area contributed by atoms with Crippen LogP contribution in [0, 0.1) is 0 Å². The van der Waals surface area contributed by atoms with Crippen molar-refractivity contribution in [2.24, 2.45) is 9.98 Å². The normalized spacial score (nSPS) is 13.9. The molecule has 1 aliphatic rings. The highest BCUT2D eigenvalue weighted by atomic mass is 35.5. The molecule has 5 nitrogen and oxygen atoms in total. The molecule has 6 heteroatoms. The maximum Gasteiger partial charge on any atom is 0.0817 e. The number of hydrogen-bond acceptors (Lipinski definition) is 5. The maximum atomic E-state index is 7.12. The van der Waals surface area contributed by atoms with Gasteiger partial charge in [0, 0.05) is 60.6 Å². The van der Waals surface area contributed by atoms with E-state index in [0.29, 0.717) is 5.02 Å². The Morgan fingerprint density at radius 1 is 0.733 bits per heavy atom. The maximum absolute atomic E-state index is 7.12. The van der Waals surface area contributed by atoms with Crippen molar-refractivity contribution in [2.75, 3.05) is 55.6 Å². The second-order valence-corrected chi connectivity index (χ2v) is 12.0. The molecule has 1 unspecified atom stereocenters. The molecule has 1 aliphatic heterocycles. The van der Waals surface area contributed by atoms with Gasteiger partial charge in [0.15, 0.2) is 0 Å². The van der Waals surface area contributed by atoms with Crippen LogP contribution in [0.5, 0.6) is 0 Å². The first-order chi connectivity index (χ1) is 21.9. The molecule has 0 spiro atoms. The van der Waals surface area contributed by atoms with Crippen LogP contribution in [0.25, 0.3) is 5.57 Å². The Morgan fingerprint density at radius 3 is 1.76 bits per heavy atom. The summed E-state index contributed by atoms with van der Waals surface area (Å²) in [5, 5.41) is 2.52. The molecule has 3 aromatic carbocycles. The van der Waals surface area contributed by atoms with Gasteiger partial charge in [0.1, 0.15) is 0 Å². The van der Waals surface area contributed by atoms with Crippen LogP contribution in [-0.2, 0) is 0 Å². The molecule has 0 N–H and O–H groups in total. The topological polar surface area (TPSA) is 34.4 Å². The molecule has 0 saturated carbocycles. The van der Waals surface area contributed by atoms with Gasteiger partial charge < -0.3 is 14.7 Å². The molecule has 0 saturated heterocycles. The Morgan fingerprint density at radius 2 is 1.27 bits per heavy atom. The van der Waals surface area contributed by atoms with Gasteiger partial charge in [0.2, 0.25) is 0 Å². The van der Waals surface area contributed by atoms with Gasteiger partial charge in [-0.2, -0.15) is 0 Å². The zero-order valence-corrected chi connectivity index (χ0v) is 29.2. The summed E-state index contributed by atoms with van der Waals surface area (Å²) in [4.78, 5) is 17.3. The van der Waals surface area contributed by atoms with Crippen molar-refractivity contribution in [3.8, 4) is 0 Å². The van der Waals surface area contributed by atoms with E-state index in [-0.39, 0.29) is 6.04 Å². The van der Waals surface area contributed by atoms with Gasteiger partial charge >= 0.3 is 0 Å². The summed E-state index contributed by atoms with van der Waals surface area (Å²) in [5.74, 6) is 0. The minimum Gasteiger partial charge on any atom is -0.372 e. The molecular weight excluding hydrogens is 574 g/mol. The van der Waals surface area contributed by atoms with Gasteiger partial charge in [-0.1, -0.05) is 49.7 Å². The third-order valence-corrected chi connectivity index (χ3v) is 9.32. The molecule has 3 aromatic rings. The van der Waals surface area contributed by atoms with Gasteiger partial charge in [-0.3, -0.25) is 9.98 Å². The molecule has 0 amide bonds. The van der Waals surface area contributed by atoms with E-state index in [1.54, 1.807) is 0 Å². The molecule has 0 aromatic heterocycles. The lowest BCUT2D eigenvalue weighted by Gasteiger charge is -2.22. The minimum atomic E-state index is 0.217. The molecular formula is C39H52ClN5. The number of benzene rings is 3. The molecule has 4 rings (SSSR count). The number of halogens is 1. The number of fused-ring (bicyclic) bond motifs is 1. The van der Waals surface area contributed by atoms with Crippen molar-refractivity contribution in [1.29, 1.82) is 0 Å². The van der Waals surface area contributed by atoms with E-state index in [2.05, 4.69) is 118 Å². The fraction of sp³-hybridized carbons (Fsp3) is 0.436. The fourth-order valence-corrected chi connectivity index (χ4v) is 6.54. The van der Waals surface area contributed by atoms with Crippen molar-refractivity contribution in [3.05, 3.63) is 105 Å². The third kappa shape index (κ3) is 8.25. The summed E-state index contributed by atoms with van der Waals surface area (Å²) in [6, 6.07) is 22.1. The molecule has 0 aliphatic carbocycles. The SMILES string of the molecule is CCN(CC)CCCC(C)N=C1C=CN=c2c1ccc(Cl)c2=C(c1ccc(N(CC)CC)cc1)c1ccc(N(CC)CC)cc1. The molecule has 0 radical (unpaired) electrons. The number of rotatable bonds is 15. The van der Waals surface area contributed by atoms with Crippen LogP contribution in [0.1, 0.15) is 78.0 Å². The number of nitrogens with zero attached hydrogens (tertiary/aromatic N) is 5. The van der Waals surface area contributed by atoms with E-state index in [1.807, 2.05) is 18.3 Å². The zero-order valence-electron chi connectivity index (χ0n) is 28.5. The first-order valence-electron chi connectivity index (χ1n) is 17.0. The summed E-state index contributed by atoms with van der Waals surface area (Å²) >= 11 is 7.12. The number of aliphatic imine (C=N–C) groups is 1. The predicted octanol–water partition coefficient (Wildman–Crippen LogP) is 7.73. The van der Waals surface area contributed by atoms with Crippen LogP contribution in [0.2, 0.25) is 5.02 Å². The minimum absolute atomic E-state index is 0.217. The number of anilines is 2. The van der Waals surface area contributed by atoms with Crippen LogP contribution in [0.4, 0.5) is 11.4 Å². The summed E-state index contributed by atoms with van der Waals surface area (Å²) in [6.45, 7) is 22.6. The fourth-order valence-electron chi connectivity index (χ4n) is 6.29. The number of hydrogen-bond donors (Lipinski definition) is 0. The first-order valence-corrected chi connectivity index (χ1v) is 17.3. The van der Waals surface area contributed by atoms with Crippen LogP contribution in [0.3, 0.4) is 0 Å². The van der Waals surface area contributed by atoms with Gasteiger partial charge in [-0.15, -0.1) is 0 Å². The quantitative estimate of drug-likeness (QED) is 0.173. The van der Waals surface area contributed by atoms with Crippen LogP contribution in [-0.4, -0.2) is 62.5 Å². The van der Waals surface area contributed by atoms with E-state index >= 15 is 0 Å². The molecule has 1 atom stereocenters. The summed E-state index contributed by atoms with van der Waals surface area (Å²) in [7, 11) is 0. The molecule has 240 valence electrons. The summed E-state index contributed by atoms with van der Waals surface area (Å²) in [6.07, 6.45) is 6.11. The Balaban J connectivity index is 1.87. The molecule has 0 fully saturated rings. The van der Waals surface area contributed by atoms with Crippen LogP contribution in [0.15, 0.2) is 82.9 Å². The summed E-state index contributed by atoms with van der Waals surface area (Å²) < 4.78 is 0. The van der Waals surface area contributed by atoms with E-state index in [0.717, 1.165) is 97.2 Å². The third-order valence-electron chi connectivity index (χ3n) is 9.01. The average molecular weight is 626 g/mol. The van der Waals surface area contributed by atoms with Crippen molar-refractivity contribution < 1.29 is 0 Å². The lowest BCUT2D eigenvalue weighted by Crippen LogP contribution is -2.36. The van der Waals surface area contributed by atoms with E-state index in [1.165, 1.54) is 11.4 Å². The van der Waals surface area contributed by atoms with Gasteiger partial charge in [0.05, 0.1) is 16.1 Å². The Kier molecular flexibility index (Phi) is 12.8. The van der Waals surface area contributed by atoms with Crippen molar-refractivity contribution in [1.82, 2.24) is 4.90 Å². The standard InChI is InChI=1S/C39H52ClN5/c1-8-43(9-2)28-14-15-29(7)42-36-26-27-41-39-34(36)24-25-35(40)38(39)37(30-16-20-32(21-17-30)44(10-3)11-4)31-18-22-33(23-19-31)45(12-5)13-6/h16-27,29H,8-15,28H2,1-7H3. The predicted molar refractivity (Wildman–Crippen MR) is 196 cm³/mol. The Labute approximate surface area is 276 Å². The van der Waals surface area contributed by atoms with Gasteiger partial charge in [-0.25, -0.2) is 0 Å². The second kappa shape index (κ2) is 16.8. The molecule has 1 heterocycles. The summed E-state index contributed by atoms with van der Waals surface area (Å²) in [5.41, 5.74) is 7.76. The first kappa shape index (κ1) is 34.5. The Hall–Kier alpha value is -3.41. The van der Waals surface area contributed by atoms with Gasteiger partial charge in [-0.05, 0) is 126 Å². The highest BCUT2D eigenvalue weighted by molar-refractivity contribution is 6.31. The lowest BCUT2D eigenvalue weighted by molar-refractivity contribution is 0.294. The van der Waals surface area contributed by atoms with Gasteiger partial charge in [0.25, 0.3) is 0 Å². The van der Waals surface area contributed by atoms with E-state index in [4.69, 9.17) is 21.6 Å². The van der Waals surface area contributed by atoms with Crippen LogP contribution < -0.4 is 20.4 Å². The van der Waals surface area contributed by atoms with E-state index < -0.39 is 0 Å². The van der Waals surface area contributed by atoms with Crippen LogP contribution >= 0.6 is 11.6 Å². The average Bonchev–Trinajstić information content (AvgIpc) is 3.06.